The molecule has 1 rings (SSSR count). The predicted molar refractivity (Wildman–Crippen MR) is 61.7 cm³/mol. The molecule has 0 spiro atoms. The summed E-state index contributed by atoms with van der Waals surface area (Å²) in [6.45, 7) is 3.70. The van der Waals surface area contributed by atoms with Gasteiger partial charge in [-0.05, 0) is 31.5 Å². The SMILES string of the molecule is CC(N[C@H](C)c1cccc(Cl)c1)C(N)=O. The van der Waals surface area contributed by atoms with Gasteiger partial charge in [-0.3, -0.25) is 10.1 Å². The third-order valence-corrected chi connectivity index (χ3v) is 2.51. The summed E-state index contributed by atoms with van der Waals surface area (Å²) in [5, 5.41) is 3.78. The van der Waals surface area contributed by atoms with Crippen LogP contribution in [0.25, 0.3) is 0 Å². The Kier molecular flexibility index (Phi) is 4.12. The number of hydrogen-bond donors (Lipinski definition) is 2. The number of benzene rings is 1. The number of carbonyl (C=O) groups is 1. The van der Waals surface area contributed by atoms with E-state index in [4.69, 9.17) is 17.3 Å². The van der Waals surface area contributed by atoms with Crippen LogP contribution < -0.4 is 11.1 Å². The second-order valence-corrected chi connectivity index (χ2v) is 4.00. The fourth-order valence-electron chi connectivity index (χ4n) is 1.33. The molecule has 0 bridgehead atoms. The average Bonchev–Trinajstić information content (AvgIpc) is 2.17. The Morgan fingerprint density at radius 3 is 2.67 bits per heavy atom. The molecule has 0 fully saturated rings. The molecule has 1 aromatic carbocycles. The van der Waals surface area contributed by atoms with Gasteiger partial charge in [-0.15, -0.1) is 0 Å². The Bertz CT molecular complexity index is 354. The lowest BCUT2D eigenvalue weighted by molar-refractivity contribution is -0.119. The van der Waals surface area contributed by atoms with Crippen LogP contribution in [0.1, 0.15) is 25.5 Å². The molecular formula is C11H15ClN2O. The van der Waals surface area contributed by atoms with Gasteiger partial charge in [0.25, 0.3) is 0 Å². The maximum atomic E-state index is 10.9. The van der Waals surface area contributed by atoms with Crippen LogP contribution in [0.4, 0.5) is 0 Å². The number of halogens is 1. The standard InChI is InChI=1S/C11H15ClN2O/c1-7(14-8(2)11(13)15)9-4-3-5-10(12)6-9/h3-8,14H,1-2H3,(H2,13,15)/t7-,8?/m1/s1. The zero-order valence-corrected chi connectivity index (χ0v) is 9.58. The van der Waals surface area contributed by atoms with Crippen LogP contribution in [0.5, 0.6) is 0 Å². The molecule has 3 N–H and O–H groups in total. The Morgan fingerprint density at radius 1 is 1.47 bits per heavy atom. The summed E-state index contributed by atoms with van der Waals surface area (Å²) in [7, 11) is 0. The molecule has 0 heterocycles. The van der Waals surface area contributed by atoms with Crippen molar-refractivity contribution in [2.24, 2.45) is 5.73 Å². The summed E-state index contributed by atoms with van der Waals surface area (Å²) in [5.74, 6) is -0.358. The number of rotatable bonds is 4. The van der Waals surface area contributed by atoms with Gasteiger partial charge in [-0.1, -0.05) is 23.7 Å². The van der Waals surface area contributed by atoms with Gasteiger partial charge in [0.15, 0.2) is 0 Å². The molecule has 2 atom stereocenters. The van der Waals surface area contributed by atoms with Crippen LogP contribution in [0, 0.1) is 0 Å². The van der Waals surface area contributed by atoms with Gasteiger partial charge in [0.2, 0.25) is 5.91 Å². The lowest BCUT2D eigenvalue weighted by Crippen LogP contribution is -2.39. The van der Waals surface area contributed by atoms with Crippen molar-refractivity contribution in [2.75, 3.05) is 0 Å². The molecule has 0 saturated heterocycles. The van der Waals surface area contributed by atoms with E-state index in [0.29, 0.717) is 5.02 Å². The minimum atomic E-state index is -0.358. The van der Waals surface area contributed by atoms with E-state index in [1.165, 1.54) is 0 Å². The van der Waals surface area contributed by atoms with E-state index in [1.54, 1.807) is 6.92 Å². The third kappa shape index (κ3) is 3.53. The molecular weight excluding hydrogens is 212 g/mol. The smallest absolute Gasteiger partial charge is 0.234 e. The summed E-state index contributed by atoms with van der Waals surface area (Å²) < 4.78 is 0. The maximum Gasteiger partial charge on any atom is 0.234 e. The monoisotopic (exact) mass is 226 g/mol. The van der Waals surface area contributed by atoms with Crippen LogP contribution in [0.3, 0.4) is 0 Å². The highest BCUT2D eigenvalue weighted by Crippen LogP contribution is 2.17. The van der Waals surface area contributed by atoms with Crippen molar-refractivity contribution < 1.29 is 4.79 Å². The molecule has 1 amide bonds. The summed E-state index contributed by atoms with van der Waals surface area (Å²) in [6, 6.07) is 7.22. The molecule has 3 nitrogen and oxygen atoms in total. The minimum Gasteiger partial charge on any atom is -0.368 e. The fraction of sp³-hybridized carbons (Fsp3) is 0.364. The predicted octanol–water partition coefficient (Wildman–Crippen LogP) is 1.86. The van der Waals surface area contributed by atoms with E-state index in [1.807, 2.05) is 31.2 Å². The first-order valence-corrected chi connectivity index (χ1v) is 5.19. The summed E-state index contributed by atoms with van der Waals surface area (Å²) in [6.07, 6.45) is 0. The molecule has 1 aromatic rings. The summed E-state index contributed by atoms with van der Waals surface area (Å²) in [5.41, 5.74) is 6.20. The second-order valence-electron chi connectivity index (χ2n) is 3.57. The third-order valence-electron chi connectivity index (χ3n) is 2.28. The number of amides is 1. The highest BCUT2D eigenvalue weighted by atomic mass is 35.5. The highest BCUT2D eigenvalue weighted by Gasteiger charge is 2.13. The molecule has 4 heteroatoms. The van der Waals surface area contributed by atoms with E-state index in [0.717, 1.165) is 5.56 Å². The van der Waals surface area contributed by atoms with Gasteiger partial charge in [-0.25, -0.2) is 0 Å². The van der Waals surface area contributed by atoms with Crippen molar-refractivity contribution in [1.82, 2.24) is 5.32 Å². The molecule has 0 aliphatic carbocycles. The van der Waals surface area contributed by atoms with Crippen LogP contribution in [-0.2, 0) is 4.79 Å². The van der Waals surface area contributed by atoms with Crippen molar-refractivity contribution in [3.05, 3.63) is 34.9 Å². The first-order chi connectivity index (χ1) is 7.00. The van der Waals surface area contributed by atoms with Crippen LogP contribution in [0.15, 0.2) is 24.3 Å². The number of hydrogen-bond acceptors (Lipinski definition) is 2. The molecule has 15 heavy (non-hydrogen) atoms. The lowest BCUT2D eigenvalue weighted by atomic mass is 10.1. The topological polar surface area (TPSA) is 55.1 Å². The zero-order valence-electron chi connectivity index (χ0n) is 8.83. The van der Waals surface area contributed by atoms with E-state index < -0.39 is 0 Å². The second kappa shape index (κ2) is 5.14. The molecule has 0 aliphatic rings. The molecule has 1 unspecified atom stereocenters. The lowest BCUT2D eigenvalue weighted by Gasteiger charge is -2.18. The largest absolute Gasteiger partial charge is 0.368 e. The first kappa shape index (κ1) is 12.0. The van der Waals surface area contributed by atoms with Gasteiger partial charge >= 0.3 is 0 Å². The van der Waals surface area contributed by atoms with E-state index >= 15 is 0 Å². The normalized spacial score (nSPS) is 14.6. The molecule has 0 saturated carbocycles. The number of nitrogens with two attached hydrogens (primary N) is 1. The van der Waals surface area contributed by atoms with Crippen LogP contribution in [-0.4, -0.2) is 11.9 Å². The average molecular weight is 227 g/mol. The highest BCUT2D eigenvalue weighted by molar-refractivity contribution is 6.30. The van der Waals surface area contributed by atoms with Gasteiger partial charge < -0.3 is 5.73 Å². The van der Waals surface area contributed by atoms with Gasteiger partial charge in [0.05, 0.1) is 6.04 Å². The number of carbonyl (C=O) groups excluding carboxylic acids is 1. The maximum absolute atomic E-state index is 10.9. The Morgan fingerprint density at radius 2 is 2.13 bits per heavy atom. The van der Waals surface area contributed by atoms with Crippen LogP contribution in [0.2, 0.25) is 5.02 Å². The summed E-state index contributed by atoms with van der Waals surface area (Å²) in [4.78, 5) is 10.9. The van der Waals surface area contributed by atoms with Crippen molar-refractivity contribution >= 4 is 17.5 Å². The first-order valence-electron chi connectivity index (χ1n) is 4.81. The Labute approximate surface area is 94.6 Å². The summed E-state index contributed by atoms with van der Waals surface area (Å²) >= 11 is 5.87. The van der Waals surface area contributed by atoms with Gasteiger partial charge in [0, 0.05) is 11.1 Å². The zero-order chi connectivity index (χ0) is 11.4. The van der Waals surface area contributed by atoms with E-state index in [2.05, 4.69) is 5.32 Å². The quantitative estimate of drug-likeness (QED) is 0.824. The molecule has 0 aromatic heterocycles. The van der Waals surface area contributed by atoms with E-state index in [9.17, 15) is 4.79 Å². The Hall–Kier alpha value is -1.06. The molecule has 0 radical (unpaired) electrons. The number of nitrogens with one attached hydrogen (secondary N) is 1. The molecule has 0 aliphatic heterocycles. The molecule has 82 valence electrons. The van der Waals surface area contributed by atoms with Gasteiger partial charge in [0.1, 0.15) is 0 Å². The van der Waals surface area contributed by atoms with Crippen LogP contribution >= 0.6 is 11.6 Å². The Balaban J connectivity index is 2.68. The van der Waals surface area contributed by atoms with Crippen molar-refractivity contribution in [3.63, 3.8) is 0 Å². The fourth-order valence-corrected chi connectivity index (χ4v) is 1.53. The van der Waals surface area contributed by atoms with E-state index in [-0.39, 0.29) is 18.0 Å². The number of primary amides is 1. The van der Waals surface area contributed by atoms with Crippen molar-refractivity contribution in [2.45, 2.75) is 25.9 Å². The van der Waals surface area contributed by atoms with Gasteiger partial charge in [-0.2, -0.15) is 0 Å². The van der Waals surface area contributed by atoms with Crippen molar-refractivity contribution in [1.29, 1.82) is 0 Å². The van der Waals surface area contributed by atoms with Crippen molar-refractivity contribution in [3.8, 4) is 0 Å². The minimum absolute atomic E-state index is 0.0474.